The molecule has 1 aromatic heterocycles. The highest BCUT2D eigenvalue weighted by Gasteiger charge is 2.28. The molecular weight excluding hydrogens is 434 g/mol. The zero-order valence-corrected chi connectivity index (χ0v) is 19.1. The number of sulfonamides is 2. The summed E-state index contributed by atoms with van der Waals surface area (Å²) >= 11 is 1.16. The van der Waals surface area contributed by atoms with Crippen molar-refractivity contribution in [3.05, 3.63) is 17.0 Å². The summed E-state index contributed by atoms with van der Waals surface area (Å²) in [6, 6.07) is 3.31. The van der Waals surface area contributed by atoms with Crippen LogP contribution in [0.2, 0.25) is 0 Å². The fourth-order valence-corrected chi connectivity index (χ4v) is 7.65. The zero-order valence-electron chi connectivity index (χ0n) is 16.7. The number of piperidine rings is 2. The third-order valence-electron chi connectivity index (χ3n) is 5.51. The van der Waals surface area contributed by atoms with Crippen molar-refractivity contribution in [2.24, 2.45) is 5.92 Å². The van der Waals surface area contributed by atoms with Gasteiger partial charge in [0.25, 0.3) is 10.0 Å². The fourth-order valence-electron chi connectivity index (χ4n) is 3.75. The van der Waals surface area contributed by atoms with Crippen LogP contribution in [0.5, 0.6) is 0 Å². The summed E-state index contributed by atoms with van der Waals surface area (Å²) in [5, 5.41) is 2.91. The smallest absolute Gasteiger partial charge is 0.252 e. The second-order valence-corrected chi connectivity index (χ2v) is 13.1. The molecule has 11 heteroatoms. The van der Waals surface area contributed by atoms with E-state index in [1.165, 1.54) is 14.9 Å². The Morgan fingerprint density at radius 2 is 1.69 bits per heavy atom. The van der Waals surface area contributed by atoms with Crippen molar-refractivity contribution in [2.45, 2.75) is 42.7 Å². The van der Waals surface area contributed by atoms with Crippen LogP contribution in [0.25, 0.3) is 0 Å². The molecule has 2 fully saturated rings. The van der Waals surface area contributed by atoms with Gasteiger partial charge in [0.1, 0.15) is 4.21 Å². The quantitative estimate of drug-likeness (QED) is 0.655. The molecule has 2 aliphatic heterocycles. The number of nitrogens with one attached hydrogen (secondary N) is 1. The Morgan fingerprint density at radius 3 is 2.31 bits per heavy atom. The van der Waals surface area contributed by atoms with E-state index in [9.17, 15) is 21.6 Å². The summed E-state index contributed by atoms with van der Waals surface area (Å²) in [5.41, 5.74) is 0. The van der Waals surface area contributed by atoms with E-state index >= 15 is 0 Å². The van der Waals surface area contributed by atoms with E-state index in [-0.39, 0.29) is 18.2 Å². The average Bonchev–Trinajstić information content (AvgIpc) is 3.16. The van der Waals surface area contributed by atoms with E-state index in [1.807, 2.05) is 0 Å². The molecular formula is C18H29N3O5S3. The second kappa shape index (κ2) is 9.42. The van der Waals surface area contributed by atoms with E-state index < -0.39 is 20.0 Å². The maximum atomic E-state index is 12.7. The summed E-state index contributed by atoms with van der Waals surface area (Å²) in [6.45, 7) is 2.62. The lowest BCUT2D eigenvalue weighted by Gasteiger charge is -2.30. The molecule has 1 aromatic rings. The standard InChI is InChI=1S/C18H29N3O5S3/c1-28(23,24)20-11-7-15(8-12-20)14-19-17(22)13-16-5-6-18(27-16)29(25,26)21-9-3-2-4-10-21/h5-6,15H,2-4,7-14H2,1H3,(H,19,22). The number of hydrogen-bond acceptors (Lipinski definition) is 6. The molecule has 0 aliphatic carbocycles. The van der Waals surface area contributed by atoms with Crippen molar-refractivity contribution in [1.29, 1.82) is 0 Å². The van der Waals surface area contributed by atoms with Gasteiger partial charge in [0.2, 0.25) is 15.9 Å². The average molecular weight is 464 g/mol. The molecule has 2 aliphatic rings. The molecule has 3 heterocycles. The van der Waals surface area contributed by atoms with Gasteiger partial charge in [0, 0.05) is 37.6 Å². The number of carbonyl (C=O) groups is 1. The highest BCUT2D eigenvalue weighted by atomic mass is 32.2. The Morgan fingerprint density at radius 1 is 1.03 bits per heavy atom. The van der Waals surface area contributed by atoms with Gasteiger partial charge in [-0.05, 0) is 43.7 Å². The van der Waals surface area contributed by atoms with Gasteiger partial charge in [-0.25, -0.2) is 21.1 Å². The normalized spacial score (nSPS) is 20.6. The number of hydrogen-bond donors (Lipinski definition) is 1. The lowest BCUT2D eigenvalue weighted by atomic mass is 9.98. The molecule has 0 bridgehead atoms. The van der Waals surface area contributed by atoms with Gasteiger partial charge < -0.3 is 5.32 Å². The first-order chi connectivity index (χ1) is 13.7. The molecule has 1 amide bonds. The van der Waals surface area contributed by atoms with Gasteiger partial charge in [-0.3, -0.25) is 4.79 Å². The zero-order chi connectivity index (χ0) is 21.1. The molecule has 1 N–H and O–H groups in total. The summed E-state index contributed by atoms with van der Waals surface area (Å²) in [5.74, 6) is 0.120. The lowest BCUT2D eigenvalue weighted by Crippen LogP contribution is -2.41. The van der Waals surface area contributed by atoms with Crippen molar-refractivity contribution < 1.29 is 21.6 Å². The van der Waals surface area contributed by atoms with E-state index in [4.69, 9.17) is 0 Å². The predicted molar refractivity (Wildman–Crippen MR) is 113 cm³/mol. The predicted octanol–water partition coefficient (Wildman–Crippen LogP) is 1.25. The van der Waals surface area contributed by atoms with E-state index in [2.05, 4.69) is 5.32 Å². The van der Waals surface area contributed by atoms with Crippen LogP contribution in [0.1, 0.15) is 37.0 Å². The van der Waals surface area contributed by atoms with Crippen LogP contribution < -0.4 is 5.32 Å². The first-order valence-corrected chi connectivity index (χ1v) is 14.1. The van der Waals surface area contributed by atoms with Crippen LogP contribution in [0.4, 0.5) is 0 Å². The number of nitrogens with zero attached hydrogens (tertiary/aromatic N) is 2. The van der Waals surface area contributed by atoms with Gasteiger partial charge in [-0.1, -0.05) is 6.42 Å². The topological polar surface area (TPSA) is 104 Å². The van der Waals surface area contributed by atoms with Gasteiger partial charge in [0.05, 0.1) is 12.7 Å². The number of amides is 1. The van der Waals surface area contributed by atoms with E-state index in [0.717, 1.165) is 48.3 Å². The summed E-state index contributed by atoms with van der Waals surface area (Å²) in [7, 11) is -6.60. The number of rotatable bonds is 7. The molecule has 164 valence electrons. The Bertz CT molecular complexity index is 912. The van der Waals surface area contributed by atoms with Crippen LogP contribution in [0.3, 0.4) is 0 Å². The molecule has 2 saturated heterocycles. The summed E-state index contributed by atoms with van der Waals surface area (Å²) in [4.78, 5) is 13.0. The third-order valence-corrected chi connectivity index (χ3v) is 10.3. The molecule has 8 nitrogen and oxygen atoms in total. The fraction of sp³-hybridized carbons (Fsp3) is 0.722. The highest BCUT2D eigenvalue weighted by molar-refractivity contribution is 7.91. The van der Waals surface area contributed by atoms with Crippen LogP contribution >= 0.6 is 11.3 Å². The largest absolute Gasteiger partial charge is 0.356 e. The van der Waals surface area contributed by atoms with Crippen molar-refractivity contribution in [2.75, 3.05) is 39.0 Å². The van der Waals surface area contributed by atoms with Crippen LogP contribution in [-0.4, -0.2) is 70.3 Å². The molecule has 0 atom stereocenters. The molecule has 3 rings (SSSR count). The third kappa shape index (κ3) is 6.00. The minimum absolute atomic E-state index is 0.140. The SMILES string of the molecule is CS(=O)(=O)N1CCC(CNC(=O)Cc2ccc(S(=O)(=O)N3CCCCC3)s2)CC1. The molecule has 0 spiro atoms. The number of carbonyl (C=O) groups excluding carboxylic acids is 1. The van der Waals surface area contributed by atoms with Gasteiger partial charge >= 0.3 is 0 Å². The molecule has 0 saturated carbocycles. The molecule has 0 unspecified atom stereocenters. The Labute approximate surface area is 177 Å². The van der Waals surface area contributed by atoms with Gasteiger partial charge in [0.15, 0.2) is 0 Å². The maximum Gasteiger partial charge on any atom is 0.252 e. The van der Waals surface area contributed by atoms with Crippen molar-refractivity contribution in [1.82, 2.24) is 13.9 Å². The molecule has 29 heavy (non-hydrogen) atoms. The van der Waals surface area contributed by atoms with Crippen molar-refractivity contribution in [3.63, 3.8) is 0 Å². The van der Waals surface area contributed by atoms with Gasteiger partial charge in [-0.2, -0.15) is 4.31 Å². The minimum Gasteiger partial charge on any atom is -0.356 e. The molecule has 0 aromatic carbocycles. The maximum absolute atomic E-state index is 12.7. The van der Waals surface area contributed by atoms with Crippen LogP contribution in [-0.2, 0) is 31.3 Å². The first-order valence-electron chi connectivity index (χ1n) is 9.97. The van der Waals surface area contributed by atoms with Gasteiger partial charge in [-0.15, -0.1) is 11.3 Å². The second-order valence-electron chi connectivity index (χ2n) is 7.77. The monoisotopic (exact) mass is 463 g/mol. The van der Waals surface area contributed by atoms with Crippen LogP contribution in [0, 0.1) is 5.92 Å². The van der Waals surface area contributed by atoms with Crippen LogP contribution in [0.15, 0.2) is 16.3 Å². The van der Waals surface area contributed by atoms with E-state index in [0.29, 0.717) is 36.9 Å². The minimum atomic E-state index is -3.46. The Hall–Kier alpha value is -1.01. The Kier molecular flexibility index (Phi) is 7.36. The summed E-state index contributed by atoms with van der Waals surface area (Å²) in [6.07, 6.45) is 5.68. The van der Waals surface area contributed by atoms with Crippen molar-refractivity contribution in [3.8, 4) is 0 Å². The van der Waals surface area contributed by atoms with E-state index in [1.54, 1.807) is 12.1 Å². The number of thiophene rings is 1. The Balaban J connectivity index is 1.47. The summed E-state index contributed by atoms with van der Waals surface area (Å²) < 4.78 is 51.8. The van der Waals surface area contributed by atoms with Crippen molar-refractivity contribution >= 4 is 37.3 Å². The first kappa shape index (κ1) is 22.7. The lowest BCUT2D eigenvalue weighted by molar-refractivity contribution is -0.120. The molecule has 0 radical (unpaired) electrons. The highest BCUT2D eigenvalue weighted by Crippen LogP contribution is 2.27.